The molecule has 4 heteroatoms. The first kappa shape index (κ1) is 11.2. The van der Waals surface area contributed by atoms with Crippen LogP contribution in [0.4, 0.5) is 0 Å². The molecule has 1 aromatic rings. The molecule has 3 rings (SSSR count). The summed E-state index contributed by atoms with van der Waals surface area (Å²) in [6.45, 7) is 3.65. The first-order valence-corrected chi connectivity index (χ1v) is 7.18. The normalized spacial score (nSPS) is 26.5. The second-order valence-electron chi connectivity index (χ2n) is 5.17. The molecule has 1 N–H and O–H groups in total. The van der Waals surface area contributed by atoms with Gasteiger partial charge in [0, 0.05) is 11.4 Å². The van der Waals surface area contributed by atoms with Crippen LogP contribution in [0.25, 0.3) is 0 Å². The van der Waals surface area contributed by atoms with E-state index in [2.05, 4.69) is 29.8 Å². The van der Waals surface area contributed by atoms with Gasteiger partial charge in [0.15, 0.2) is 0 Å². The Bertz CT molecular complexity index is 411. The summed E-state index contributed by atoms with van der Waals surface area (Å²) in [7, 11) is 0. The Morgan fingerprint density at radius 2 is 2.41 bits per heavy atom. The van der Waals surface area contributed by atoms with Gasteiger partial charge in [-0.2, -0.15) is 0 Å². The number of nitrogens with one attached hydrogen (secondary N) is 1. The van der Waals surface area contributed by atoms with Crippen molar-refractivity contribution in [3.05, 3.63) is 22.4 Å². The zero-order valence-corrected chi connectivity index (χ0v) is 10.9. The van der Waals surface area contributed by atoms with Gasteiger partial charge in [-0.25, -0.2) is 0 Å². The summed E-state index contributed by atoms with van der Waals surface area (Å²) in [4.78, 5) is 15.3. The van der Waals surface area contributed by atoms with Gasteiger partial charge >= 0.3 is 0 Å². The Kier molecular flexibility index (Phi) is 2.71. The van der Waals surface area contributed by atoms with Gasteiger partial charge in [0.25, 0.3) is 0 Å². The van der Waals surface area contributed by atoms with Crippen LogP contribution in [0.2, 0.25) is 0 Å². The highest BCUT2D eigenvalue weighted by molar-refractivity contribution is 7.10. The van der Waals surface area contributed by atoms with Gasteiger partial charge in [0.05, 0.1) is 6.54 Å². The number of carbonyl (C=O) groups excluding carboxylic acids is 1. The molecular weight excluding hydrogens is 232 g/mol. The molecule has 1 aliphatic heterocycles. The highest BCUT2D eigenvalue weighted by Gasteiger charge is 2.46. The fourth-order valence-electron chi connectivity index (χ4n) is 2.58. The molecule has 0 aromatic carbocycles. The van der Waals surface area contributed by atoms with E-state index in [-0.39, 0.29) is 12.1 Å². The summed E-state index contributed by atoms with van der Waals surface area (Å²) in [5, 5.41) is 5.39. The van der Waals surface area contributed by atoms with Crippen LogP contribution in [0.15, 0.2) is 17.5 Å². The number of rotatable bonds is 4. The molecule has 1 unspecified atom stereocenters. The van der Waals surface area contributed by atoms with E-state index >= 15 is 0 Å². The summed E-state index contributed by atoms with van der Waals surface area (Å²) in [5.41, 5.74) is 0.428. The van der Waals surface area contributed by atoms with Crippen molar-refractivity contribution < 1.29 is 4.79 Å². The molecule has 1 amide bonds. The largest absolute Gasteiger partial charge is 0.320 e. The molecule has 1 saturated heterocycles. The second-order valence-corrected chi connectivity index (χ2v) is 6.15. The fourth-order valence-corrected chi connectivity index (χ4v) is 3.39. The van der Waals surface area contributed by atoms with E-state index in [0.717, 1.165) is 6.54 Å². The van der Waals surface area contributed by atoms with Gasteiger partial charge in [-0.15, -0.1) is 11.3 Å². The van der Waals surface area contributed by atoms with Crippen molar-refractivity contribution in [2.24, 2.45) is 5.41 Å². The minimum absolute atomic E-state index is 0.117. The molecule has 0 bridgehead atoms. The Labute approximate surface area is 106 Å². The van der Waals surface area contributed by atoms with Gasteiger partial charge in [0.2, 0.25) is 5.91 Å². The quantitative estimate of drug-likeness (QED) is 0.889. The number of nitrogens with zero attached hydrogens (tertiary/aromatic N) is 1. The van der Waals surface area contributed by atoms with Crippen molar-refractivity contribution in [3.63, 3.8) is 0 Å². The van der Waals surface area contributed by atoms with E-state index in [1.54, 1.807) is 11.3 Å². The number of hydrogen-bond donors (Lipinski definition) is 1. The standard InChI is InChI=1S/C13H18N2OS/c1-2-13(5-6-13)9-15-11(16)8-14-12(15)10-4-3-7-17-10/h3-4,7,12,14H,2,5-6,8-9H2,1H3. The maximum Gasteiger partial charge on any atom is 0.238 e. The molecule has 3 nitrogen and oxygen atoms in total. The predicted molar refractivity (Wildman–Crippen MR) is 68.7 cm³/mol. The zero-order chi connectivity index (χ0) is 11.9. The molecule has 1 aliphatic carbocycles. The molecule has 0 spiro atoms. The first-order chi connectivity index (χ1) is 8.24. The third kappa shape index (κ3) is 2.00. The number of amides is 1. The smallest absolute Gasteiger partial charge is 0.238 e. The van der Waals surface area contributed by atoms with Crippen molar-refractivity contribution in [1.29, 1.82) is 0 Å². The summed E-state index contributed by atoms with van der Waals surface area (Å²) in [5.74, 6) is 0.253. The highest BCUT2D eigenvalue weighted by Crippen LogP contribution is 2.50. The monoisotopic (exact) mass is 250 g/mol. The van der Waals surface area contributed by atoms with Crippen molar-refractivity contribution in [1.82, 2.24) is 10.2 Å². The maximum atomic E-state index is 12.0. The minimum Gasteiger partial charge on any atom is -0.320 e. The highest BCUT2D eigenvalue weighted by atomic mass is 32.1. The Morgan fingerprint density at radius 1 is 1.59 bits per heavy atom. The molecule has 17 heavy (non-hydrogen) atoms. The minimum atomic E-state index is 0.117. The van der Waals surface area contributed by atoms with Gasteiger partial charge < -0.3 is 4.90 Å². The maximum absolute atomic E-state index is 12.0. The number of carbonyl (C=O) groups is 1. The van der Waals surface area contributed by atoms with Crippen molar-refractivity contribution in [3.8, 4) is 0 Å². The molecule has 2 aliphatic rings. The Hall–Kier alpha value is -0.870. The van der Waals surface area contributed by atoms with Gasteiger partial charge in [-0.3, -0.25) is 10.1 Å². The Balaban J connectivity index is 1.78. The molecule has 1 aromatic heterocycles. The molecule has 0 radical (unpaired) electrons. The number of thiophene rings is 1. The van der Waals surface area contributed by atoms with E-state index in [0.29, 0.717) is 12.0 Å². The molecule has 1 atom stereocenters. The summed E-state index contributed by atoms with van der Waals surface area (Å²) < 4.78 is 0. The lowest BCUT2D eigenvalue weighted by molar-refractivity contribution is -0.128. The van der Waals surface area contributed by atoms with E-state index in [1.165, 1.54) is 24.1 Å². The van der Waals surface area contributed by atoms with Gasteiger partial charge in [-0.1, -0.05) is 13.0 Å². The molecule has 1 saturated carbocycles. The third-order valence-electron chi connectivity index (χ3n) is 4.10. The van der Waals surface area contributed by atoms with E-state index in [4.69, 9.17) is 0 Å². The third-order valence-corrected chi connectivity index (χ3v) is 5.03. The Morgan fingerprint density at radius 3 is 3.00 bits per heavy atom. The van der Waals surface area contributed by atoms with E-state index in [9.17, 15) is 4.79 Å². The fraction of sp³-hybridized carbons (Fsp3) is 0.615. The second kappa shape index (κ2) is 4.10. The van der Waals surface area contributed by atoms with Crippen LogP contribution in [0.5, 0.6) is 0 Å². The zero-order valence-electron chi connectivity index (χ0n) is 10.1. The summed E-state index contributed by atoms with van der Waals surface area (Å²) in [6.07, 6.45) is 3.87. The van der Waals surface area contributed by atoms with Crippen molar-refractivity contribution >= 4 is 17.2 Å². The molecule has 92 valence electrons. The van der Waals surface area contributed by atoms with Crippen molar-refractivity contribution in [2.75, 3.05) is 13.1 Å². The molecular formula is C13H18N2OS. The number of hydrogen-bond acceptors (Lipinski definition) is 3. The van der Waals surface area contributed by atoms with Crippen LogP contribution >= 0.6 is 11.3 Å². The van der Waals surface area contributed by atoms with Crippen LogP contribution in [0.3, 0.4) is 0 Å². The topological polar surface area (TPSA) is 32.3 Å². The SMILES string of the molecule is CCC1(CN2C(=O)CNC2c2cccs2)CC1. The van der Waals surface area contributed by atoms with E-state index in [1.807, 2.05) is 4.90 Å². The predicted octanol–water partition coefficient (Wildman–Crippen LogP) is 2.37. The van der Waals surface area contributed by atoms with Crippen LogP contribution in [0.1, 0.15) is 37.2 Å². The van der Waals surface area contributed by atoms with Crippen LogP contribution < -0.4 is 5.32 Å². The summed E-state index contributed by atoms with van der Waals surface area (Å²) >= 11 is 1.72. The van der Waals surface area contributed by atoms with Gasteiger partial charge in [0.1, 0.15) is 6.17 Å². The first-order valence-electron chi connectivity index (χ1n) is 6.30. The average molecular weight is 250 g/mol. The molecule has 2 fully saturated rings. The summed E-state index contributed by atoms with van der Waals surface area (Å²) in [6, 6.07) is 4.16. The lowest BCUT2D eigenvalue weighted by atomic mass is 10.0. The van der Waals surface area contributed by atoms with Crippen LogP contribution in [-0.4, -0.2) is 23.9 Å². The lowest BCUT2D eigenvalue weighted by Gasteiger charge is -2.27. The average Bonchev–Trinajstić information content (AvgIpc) is 2.73. The van der Waals surface area contributed by atoms with Gasteiger partial charge in [-0.05, 0) is 36.1 Å². The van der Waals surface area contributed by atoms with Crippen LogP contribution in [0, 0.1) is 5.41 Å². The lowest BCUT2D eigenvalue weighted by Crippen LogP contribution is -2.35. The van der Waals surface area contributed by atoms with Crippen molar-refractivity contribution in [2.45, 2.75) is 32.4 Å². The van der Waals surface area contributed by atoms with Crippen LogP contribution in [-0.2, 0) is 4.79 Å². The molecule has 2 heterocycles. The van der Waals surface area contributed by atoms with E-state index < -0.39 is 0 Å².